The standard InChI is InChI=1S/C12H10BrN3O/c1-8-14-15-12(17-8)7-16-5-4-9-2-3-10(13)6-11(9)16/h2-6H,7H2,1H3. The Labute approximate surface area is 106 Å². The summed E-state index contributed by atoms with van der Waals surface area (Å²) in [4.78, 5) is 0. The molecule has 4 nitrogen and oxygen atoms in total. The molecular weight excluding hydrogens is 282 g/mol. The van der Waals surface area contributed by atoms with E-state index in [4.69, 9.17) is 4.42 Å². The third-order valence-electron chi connectivity index (χ3n) is 2.61. The van der Waals surface area contributed by atoms with Gasteiger partial charge >= 0.3 is 0 Å². The Balaban J connectivity index is 2.03. The molecule has 2 heterocycles. The first-order valence-corrected chi connectivity index (χ1v) is 6.05. The number of aromatic nitrogens is 3. The number of benzene rings is 1. The molecule has 0 amide bonds. The molecule has 0 fully saturated rings. The fraction of sp³-hybridized carbons (Fsp3) is 0.167. The van der Waals surface area contributed by atoms with Gasteiger partial charge in [0, 0.05) is 23.1 Å². The van der Waals surface area contributed by atoms with Crippen LogP contribution in [-0.2, 0) is 6.54 Å². The van der Waals surface area contributed by atoms with E-state index in [0.29, 0.717) is 18.3 Å². The van der Waals surface area contributed by atoms with E-state index < -0.39 is 0 Å². The van der Waals surface area contributed by atoms with Gasteiger partial charge < -0.3 is 8.98 Å². The third-order valence-corrected chi connectivity index (χ3v) is 3.10. The summed E-state index contributed by atoms with van der Waals surface area (Å²) in [6.07, 6.45) is 2.02. The van der Waals surface area contributed by atoms with Crippen molar-refractivity contribution in [1.29, 1.82) is 0 Å². The lowest BCUT2D eigenvalue weighted by molar-refractivity contribution is 0.457. The van der Waals surface area contributed by atoms with Crippen LogP contribution in [0.2, 0.25) is 0 Å². The number of rotatable bonds is 2. The molecule has 0 atom stereocenters. The monoisotopic (exact) mass is 291 g/mol. The fourth-order valence-electron chi connectivity index (χ4n) is 1.84. The van der Waals surface area contributed by atoms with Crippen molar-refractivity contribution in [2.45, 2.75) is 13.5 Å². The van der Waals surface area contributed by atoms with Crippen LogP contribution in [0.3, 0.4) is 0 Å². The van der Waals surface area contributed by atoms with Crippen LogP contribution in [0.4, 0.5) is 0 Å². The largest absolute Gasteiger partial charge is 0.424 e. The third kappa shape index (κ3) is 1.98. The number of hydrogen-bond acceptors (Lipinski definition) is 3. The summed E-state index contributed by atoms with van der Waals surface area (Å²) in [5.41, 5.74) is 1.15. The van der Waals surface area contributed by atoms with Crippen molar-refractivity contribution >= 4 is 26.8 Å². The van der Waals surface area contributed by atoms with E-state index in [9.17, 15) is 0 Å². The molecule has 17 heavy (non-hydrogen) atoms. The molecule has 1 aromatic carbocycles. The molecule has 0 radical (unpaired) electrons. The molecule has 3 rings (SSSR count). The highest BCUT2D eigenvalue weighted by Gasteiger charge is 2.06. The minimum absolute atomic E-state index is 0.595. The molecule has 0 saturated heterocycles. The van der Waals surface area contributed by atoms with E-state index >= 15 is 0 Å². The number of fused-ring (bicyclic) bond motifs is 1. The maximum absolute atomic E-state index is 5.38. The first-order valence-electron chi connectivity index (χ1n) is 5.26. The predicted octanol–water partition coefficient (Wildman–Crippen LogP) is 3.14. The summed E-state index contributed by atoms with van der Waals surface area (Å²) in [6, 6.07) is 8.27. The lowest BCUT2D eigenvalue weighted by Gasteiger charge is -2.01. The van der Waals surface area contributed by atoms with E-state index in [2.05, 4.69) is 48.9 Å². The molecule has 0 aliphatic carbocycles. The maximum atomic E-state index is 5.38. The van der Waals surface area contributed by atoms with Crippen molar-refractivity contribution in [3.8, 4) is 0 Å². The SMILES string of the molecule is Cc1nnc(Cn2ccc3ccc(Br)cc32)o1. The Hall–Kier alpha value is -1.62. The minimum Gasteiger partial charge on any atom is -0.424 e. The fourth-order valence-corrected chi connectivity index (χ4v) is 2.19. The Morgan fingerprint density at radius 3 is 2.94 bits per heavy atom. The molecule has 0 spiro atoms. The normalized spacial score (nSPS) is 11.2. The van der Waals surface area contributed by atoms with Gasteiger partial charge in [0.2, 0.25) is 11.8 Å². The van der Waals surface area contributed by atoms with Crippen molar-refractivity contribution in [1.82, 2.24) is 14.8 Å². The molecule has 0 aliphatic rings. The van der Waals surface area contributed by atoms with Crippen molar-refractivity contribution in [3.63, 3.8) is 0 Å². The molecule has 0 unspecified atom stereocenters. The van der Waals surface area contributed by atoms with Crippen molar-refractivity contribution in [2.24, 2.45) is 0 Å². The van der Waals surface area contributed by atoms with E-state index in [1.165, 1.54) is 5.39 Å². The van der Waals surface area contributed by atoms with Crippen LogP contribution < -0.4 is 0 Å². The highest BCUT2D eigenvalue weighted by Crippen LogP contribution is 2.21. The summed E-state index contributed by atoms with van der Waals surface area (Å²) in [7, 11) is 0. The second kappa shape index (κ2) is 4.00. The number of halogens is 1. The highest BCUT2D eigenvalue weighted by atomic mass is 79.9. The Morgan fingerprint density at radius 1 is 1.29 bits per heavy atom. The first kappa shape index (κ1) is 10.5. The lowest BCUT2D eigenvalue weighted by Crippen LogP contribution is -1.98. The summed E-state index contributed by atoms with van der Waals surface area (Å²) in [5, 5.41) is 9.02. The van der Waals surface area contributed by atoms with E-state index in [0.717, 1.165) is 9.99 Å². The van der Waals surface area contributed by atoms with Crippen LogP contribution in [0.1, 0.15) is 11.8 Å². The zero-order valence-electron chi connectivity index (χ0n) is 9.22. The zero-order chi connectivity index (χ0) is 11.8. The van der Waals surface area contributed by atoms with Crippen molar-refractivity contribution in [2.75, 3.05) is 0 Å². The van der Waals surface area contributed by atoms with Crippen molar-refractivity contribution in [3.05, 3.63) is 46.7 Å². The van der Waals surface area contributed by atoms with E-state index in [1.54, 1.807) is 6.92 Å². The van der Waals surface area contributed by atoms with Crippen LogP contribution in [0.15, 0.2) is 39.4 Å². The second-order valence-electron chi connectivity index (χ2n) is 3.86. The van der Waals surface area contributed by atoms with E-state index in [-0.39, 0.29) is 0 Å². The smallest absolute Gasteiger partial charge is 0.236 e. The Bertz CT molecular complexity index is 671. The number of aryl methyl sites for hydroxylation is 1. The molecule has 0 saturated carbocycles. The zero-order valence-corrected chi connectivity index (χ0v) is 10.8. The van der Waals surface area contributed by atoms with Crippen molar-refractivity contribution < 1.29 is 4.42 Å². The Kier molecular flexibility index (Phi) is 2.48. The van der Waals surface area contributed by atoms with Crippen LogP contribution in [-0.4, -0.2) is 14.8 Å². The minimum atomic E-state index is 0.595. The summed E-state index contributed by atoms with van der Waals surface area (Å²) < 4.78 is 8.53. The maximum Gasteiger partial charge on any atom is 0.236 e. The second-order valence-corrected chi connectivity index (χ2v) is 4.78. The lowest BCUT2D eigenvalue weighted by atomic mass is 10.2. The van der Waals surface area contributed by atoms with Crippen LogP contribution >= 0.6 is 15.9 Å². The van der Waals surface area contributed by atoms with Gasteiger partial charge in [-0.1, -0.05) is 22.0 Å². The summed E-state index contributed by atoms with van der Waals surface area (Å²) >= 11 is 3.48. The van der Waals surface area contributed by atoms with Gasteiger partial charge in [-0.25, -0.2) is 0 Å². The summed E-state index contributed by atoms with van der Waals surface area (Å²) in [6.45, 7) is 2.39. The molecule has 86 valence electrons. The molecule has 2 aromatic heterocycles. The molecule has 0 N–H and O–H groups in total. The first-order chi connectivity index (χ1) is 8.22. The number of nitrogens with zero attached hydrogens (tertiary/aromatic N) is 3. The van der Waals surface area contributed by atoms with Crippen LogP contribution in [0, 0.1) is 6.92 Å². The highest BCUT2D eigenvalue weighted by molar-refractivity contribution is 9.10. The average molecular weight is 292 g/mol. The molecular formula is C12H10BrN3O. The van der Waals surface area contributed by atoms with Gasteiger partial charge in [-0.2, -0.15) is 0 Å². The van der Waals surface area contributed by atoms with Crippen LogP contribution in [0.25, 0.3) is 10.9 Å². The van der Waals surface area contributed by atoms with Gasteiger partial charge in [-0.3, -0.25) is 0 Å². The van der Waals surface area contributed by atoms with Gasteiger partial charge in [0.25, 0.3) is 0 Å². The molecule has 0 aliphatic heterocycles. The predicted molar refractivity (Wildman–Crippen MR) is 67.8 cm³/mol. The Morgan fingerprint density at radius 2 is 2.18 bits per heavy atom. The molecule has 0 bridgehead atoms. The molecule has 3 aromatic rings. The topological polar surface area (TPSA) is 43.9 Å². The van der Waals surface area contributed by atoms with Gasteiger partial charge in [0.1, 0.15) is 6.54 Å². The van der Waals surface area contributed by atoms with Gasteiger partial charge in [-0.05, 0) is 23.6 Å². The average Bonchev–Trinajstić information content (AvgIpc) is 2.87. The van der Waals surface area contributed by atoms with Gasteiger partial charge in [0.15, 0.2) is 0 Å². The quantitative estimate of drug-likeness (QED) is 0.728. The van der Waals surface area contributed by atoms with Crippen LogP contribution in [0.5, 0.6) is 0 Å². The number of hydrogen-bond donors (Lipinski definition) is 0. The molecule has 5 heteroatoms. The summed E-state index contributed by atoms with van der Waals surface area (Å²) in [5.74, 6) is 1.22. The van der Waals surface area contributed by atoms with E-state index in [1.807, 2.05) is 12.3 Å². The van der Waals surface area contributed by atoms with Gasteiger partial charge in [-0.15, -0.1) is 10.2 Å². The van der Waals surface area contributed by atoms with Gasteiger partial charge in [0.05, 0.1) is 0 Å².